The molecule has 1 fully saturated rings. The van der Waals surface area contributed by atoms with Crippen LogP contribution >= 0.6 is 0 Å². The average molecular weight is 516 g/mol. The highest BCUT2D eigenvalue weighted by Gasteiger charge is 2.48. The number of methoxy groups -OCH3 is 2. The van der Waals surface area contributed by atoms with Crippen molar-refractivity contribution in [1.29, 1.82) is 0 Å². The van der Waals surface area contributed by atoms with Gasteiger partial charge in [0.05, 0.1) is 38.0 Å². The Labute approximate surface area is 223 Å². The molecule has 1 amide bonds. The van der Waals surface area contributed by atoms with Crippen LogP contribution in [0.3, 0.4) is 0 Å². The maximum atomic E-state index is 13.7. The molecule has 1 N–H and O–H groups in total. The molecule has 0 bridgehead atoms. The predicted octanol–water partition coefficient (Wildman–Crippen LogP) is 5.96. The number of aliphatic hydroxyl groups is 1. The minimum absolute atomic E-state index is 0.0215. The second kappa shape index (κ2) is 10.6. The van der Waals surface area contributed by atoms with E-state index in [-0.39, 0.29) is 11.3 Å². The number of carbonyl (C=O) groups excluding carboxylic acids is 2. The number of ether oxygens (including phenoxy) is 3. The maximum Gasteiger partial charge on any atom is 0.300 e. The van der Waals surface area contributed by atoms with Crippen molar-refractivity contribution in [3.63, 3.8) is 0 Å². The molecule has 1 atom stereocenters. The van der Waals surface area contributed by atoms with Crippen LogP contribution in [0.15, 0.2) is 54.1 Å². The van der Waals surface area contributed by atoms with Crippen LogP contribution in [0.5, 0.6) is 17.2 Å². The van der Waals surface area contributed by atoms with Gasteiger partial charge in [0.1, 0.15) is 11.5 Å². The summed E-state index contributed by atoms with van der Waals surface area (Å²) in [6.07, 6.45) is 0. The van der Waals surface area contributed by atoms with Gasteiger partial charge in [0, 0.05) is 5.69 Å². The zero-order chi connectivity index (χ0) is 27.7. The van der Waals surface area contributed by atoms with Gasteiger partial charge in [-0.1, -0.05) is 24.3 Å². The molecule has 0 aliphatic carbocycles. The first-order chi connectivity index (χ1) is 18.1. The highest BCUT2D eigenvalue weighted by molar-refractivity contribution is 6.51. The summed E-state index contributed by atoms with van der Waals surface area (Å²) in [7, 11) is 3.06. The van der Waals surface area contributed by atoms with Gasteiger partial charge in [-0.2, -0.15) is 0 Å². The number of carbonyl (C=O) groups is 2. The molecule has 198 valence electrons. The molecule has 0 spiro atoms. The van der Waals surface area contributed by atoms with Crippen molar-refractivity contribution in [3.05, 3.63) is 87.5 Å². The third kappa shape index (κ3) is 4.60. The van der Waals surface area contributed by atoms with E-state index in [0.717, 1.165) is 22.3 Å². The Morgan fingerprint density at radius 3 is 2.26 bits per heavy atom. The molecule has 4 rings (SSSR count). The van der Waals surface area contributed by atoms with Gasteiger partial charge in [-0.05, 0) is 86.7 Å². The SMILES string of the molecule is CCOc1cc(C2/C(=C(\O)c3cc(C)cc(C)c3OC)C(=O)C(=O)N2c2cc(C)ccc2C)ccc1OC. The van der Waals surface area contributed by atoms with Crippen molar-refractivity contribution < 1.29 is 28.9 Å². The van der Waals surface area contributed by atoms with Crippen molar-refractivity contribution in [1.82, 2.24) is 0 Å². The van der Waals surface area contributed by atoms with Crippen molar-refractivity contribution in [3.8, 4) is 17.2 Å². The Balaban J connectivity index is 2.06. The minimum atomic E-state index is -0.911. The van der Waals surface area contributed by atoms with Crippen LogP contribution < -0.4 is 19.1 Å². The molecule has 7 heteroatoms. The molecule has 1 aliphatic heterocycles. The predicted molar refractivity (Wildman–Crippen MR) is 147 cm³/mol. The number of aryl methyl sites for hydroxylation is 4. The zero-order valence-electron chi connectivity index (χ0n) is 22.8. The molecule has 0 saturated carbocycles. The molecule has 1 unspecified atom stereocenters. The topological polar surface area (TPSA) is 85.3 Å². The molecule has 7 nitrogen and oxygen atoms in total. The molecule has 1 aliphatic rings. The largest absolute Gasteiger partial charge is 0.507 e. The average Bonchev–Trinajstić information content (AvgIpc) is 3.15. The third-order valence-corrected chi connectivity index (χ3v) is 6.75. The summed E-state index contributed by atoms with van der Waals surface area (Å²) in [4.78, 5) is 28.8. The number of benzene rings is 3. The van der Waals surface area contributed by atoms with E-state index in [1.807, 2.05) is 58.9 Å². The number of ketones is 1. The zero-order valence-corrected chi connectivity index (χ0v) is 22.8. The second-order valence-corrected chi connectivity index (χ2v) is 9.46. The van der Waals surface area contributed by atoms with Crippen LogP contribution in [-0.4, -0.2) is 37.6 Å². The molecule has 3 aromatic carbocycles. The quantitative estimate of drug-likeness (QED) is 0.237. The van der Waals surface area contributed by atoms with Crippen LogP contribution in [0.1, 0.15) is 46.3 Å². The van der Waals surface area contributed by atoms with E-state index in [9.17, 15) is 14.7 Å². The van der Waals surface area contributed by atoms with Gasteiger partial charge in [-0.25, -0.2) is 0 Å². The van der Waals surface area contributed by atoms with Crippen LogP contribution in [0.2, 0.25) is 0 Å². The summed E-state index contributed by atoms with van der Waals surface area (Å²) in [5.41, 5.74) is 4.97. The molecule has 0 aromatic heterocycles. The van der Waals surface area contributed by atoms with Gasteiger partial charge in [0.2, 0.25) is 0 Å². The van der Waals surface area contributed by atoms with Crippen LogP contribution in [0, 0.1) is 27.7 Å². The Hall–Kier alpha value is -4.26. The summed E-state index contributed by atoms with van der Waals surface area (Å²) in [6, 6.07) is 13.8. The van der Waals surface area contributed by atoms with Crippen LogP contribution in [0.4, 0.5) is 5.69 Å². The monoisotopic (exact) mass is 515 g/mol. The number of nitrogens with zero attached hydrogens (tertiary/aromatic N) is 1. The molecule has 1 saturated heterocycles. The summed E-state index contributed by atoms with van der Waals surface area (Å²) in [6.45, 7) is 9.84. The third-order valence-electron chi connectivity index (χ3n) is 6.75. The smallest absolute Gasteiger partial charge is 0.300 e. The van der Waals surface area contributed by atoms with Crippen molar-refractivity contribution in [2.24, 2.45) is 0 Å². The molecule has 38 heavy (non-hydrogen) atoms. The summed E-state index contributed by atoms with van der Waals surface area (Å²) in [5.74, 6) is -0.350. The number of aliphatic hydroxyl groups excluding tert-OH is 1. The van der Waals surface area contributed by atoms with Gasteiger partial charge in [-0.3, -0.25) is 14.5 Å². The number of hydrogen-bond acceptors (Lipinski definition) is 6. The summed E-state index contributed by atoms with van der Waals surface area (Å²) < 4.78 is 16.9. The number of rotatable bonds is 7. The number of anilines is 1. The Kier molecular flexibility index (Phi) is 7.49. The first kappa shape index (κ1) is 26.8. The van der Waals surface area contributed by atoms with E-state index in [4.69, 9.17) is 14.2 Å². The fourth-order valence-electron chi connectivity index (χ4n) is 5.05. The lowest BCUT2D eigenvalue weighted by Crippen LogP contribution is -2.30. The van der Waals surface area contributed by atoms with Gasteiger partial charge in [0.15, 0.2) is 11.5 Å². The van der Waals surface area contributed by atoms with Crippen LogP contribution in [-0.2, 0) is 9.59 Å². The summed E-state index contributed by atoms with van der Waals surface area (Å²) in [5, 5.41) is 11.7. The Bertz CT molecular complexity index is 1450. The van der Waals surface area contributed by atoms with Gasteiger partial charge in [-0.15, -0.1) is 0 Å². The lowest BCUT2D eigenvalue weighted by Gasteiger charge is -2.28. The molecule has 3 aromatic rings. The van der Waals surface area contributed by atoms with E-state index in [1.165, 1.54) is 12.0 Å². The fraction of sp³-hybridized carbons (Fsp3) is 0.290. The maximum absolute atomic E-state index is 13.7. The van der Waals surface area contributed by atoms with E-state index in [2.05, 4.69) is 0 Å². The number of Topliss-reactive ketones (excluding diaryl/α,β-unsaturated/α-hetero) is 1. The Morgan fingerprint density at radius 1 is 0.868 bits per heavy atom. The van der Waals surface area contributed by atoms with E-state index in [1.54, 1.807) is 31.4 Å². The fourth-order valence-corrected chi connectivity index (χ4v) is 5.05. The van der Waals surface area contributed by atoms with Gasteiger partial charge < -0.3 is 19.3 Å². The second-order valence-electron chi connectivity index (χ2n) is 9.46. The molecule has 0 radical (unpaired) electrons. The number of amides is 1. The standard InChI is InChI=1S/C31H33NO6/c1-8-38-25-16-21(11-12-24(25)36-6)27-26(28(33)22-14-18(3)13-20(5)30(22)37-7)29(34)31(35)32(27)23-15-17(2)9-10-19(23)4/h9-16,27,33H,8H2,1-7H3/b28-26+. The highest BCUT2D eigenvalue weighted by atomic mass is 16.5. The highest BCUT2D eigenvalue weighted by Crippen LogP contribution is 2.46. The molecular weight excluding hydrogens is 482 g/mol. The molecular formula is C31H33NO6. The summed E-state index contributed by atoms with van der Waals surface area (Å²) >= 11 is 0. The van der Waals surface area contributed by atoms with Crippen molar-refractivity contribution in [2.45, 2.75) is 40.7 Å². The van der Waals surface area contributed by atoms with E-state index in [0.29, 0.717) is 40.7 Å². The van der Waals surface area contributed by atoms with Crippen molar-refractivity contribution >= 4 is 23.1 Å². The number of hydrogen-bond donors (Lipinski definition) is 1. The van der Waals surface area contributed by atoms with Crippen LogP contribution in [0.25, 0.3) is 5.76 Å². The first-order valence-electron chi connectivity index (χ1n) is 12.5. The van der Waals surface area contributed by atoms with E-state index >= 15 is 0 Å². The normalized spacial score (nSPS) is 16.6. The van der Waals surface area contributed by atoms with Crippen molar-refractivity contribution in [2.75, 3.05) is 25.7 Å². The first-order valence-corrected chi connectivity index (χ1v) is 12.5. The lowest BCUT2D eigenvalue weighted by atomic mass is 9.93. The Morgan fingerprint density at radius 2 is 1.61 bits per heavy atom. The lowest BCUT2D eigenvalue weighted by molar-refractivity contribution is -0.132. The van der Waals surface area contributed by atoms with Gasteiger partial charge >= 0.3 is 0 Å². The van der Waals surface area contributed by atoms with Gasteiger partial charge in [0.25, 0.3) is 11.7 Å². The minimum Gasteiger partial charge on any atom is -0.507 e. The molecule has 1 heterocycles. The van der Waals surface area contributed by atoms with E-state index < -0.39 is 17.7 Å².